The molecule has 2 aliphatic heterocycles. The van der Waals surface area contributed by atoms with Crippen molar-refractivity contribution in [1.82, 2.24) is 9.80 Å². The number of anilines is 1. The Balaban J connectivity index is 1.42. The number of likely N-dealkylation sites (tertiary alicyclic amines) is 2. The van der Waals surface area contributed by atoms with Gasteiger partial charge in [0.25, 0.3) is 0 Å². The first-order valence-electron chi connectivity index (χ1n) is 9.45. The molecule has 0 saturated carbocycles. The van der Waals surface area contributed by atoms with Crippen molar-refractivity contribution >= 4 is 11.7 Å². The number of urea groups is 1. The molecule has 0 radical (unpaired) electrons. The number of carbonyl (C=O) groups excluding carboxylic acids is 1. The second-order valence-corrected chi connectivity index (χ2v) is 7.71. The van der Waals surface area contributed by atoms with Crippen molar-refractivity contribution in [3.05, 3.63) is 29.8 Å². The minimum atomic E-state index is 0.0471. The Labute approximate surface area is 146 Å². The molecule has 0 atom stereocenters. The standard InChI is InChI=1S/C20H31N3O/c1-16-6-10-22(11-7-16)15-18-8-12-23(13-9-18)20(24)21-19-5-3-4-17(2)14-19/h3-5,14,16,18H,6-13,15H2,1-2H3,(H,21,24). The second-order valence-electron chi connectivity index (χ2n) is 7.71. The van der Waals surface area contributed by atoms with Gasteiger partial charge >= 0.3 is 6.03 Å². The largest absolute Gasteiger partial charge is 0.325 e. The molecule has 2 amide bonds. The fraction of sp³-hybridized carbons (Fsp3) is 0.650. The Morgan fingerprint density at radius 2 is 1.83 bits per heavy atom. The van der Waals surface area contributed by atoms with Gasteiger partial charge in [-0.2, -0.15) is 0 Å². The maximum atomic E-state index is 12.4. The number of aryl methyl sites for hydroxylation is 1. The summed E-state index contributed by atoms with van der Waals surface area (Å²) in [6, 6.07) is 8.04. The van der Waals surface area contributed by atoms with Gasteiger partial charge in [0.05, 0.1) is 0 Å². The molecule has 3 rings (SSSR count). The quantitative estimate of drug-likeness (QED) is 0.911. The summed E-state index contributed by atoms with van der Waals surface area (Å²) in [6.07, 6.45) is 4.95. The van der Waals surface area contributed by atoms with Crippen molar-refractivity contribution in [3.8, 4) is 0 Å². The predicted molar refractivity (Wildman–Crippen MR) is 99.3 cm³/mol. The van der Waals surface area contributed by atoms with Gasteiger partial charge < -0.3 is 15.1 Å². The normalized spacial score (nSPS) is 21.0. The number of nitrogens with one attached hydrogen (secondary N) is 1. The van der Waals surface area contributed by atoms with E-state index in [1.54, 1.807) is 0 Å². The highest BCUT2D eigenvalue weighted by molar-refractivity contribution is 5.89. The van der Waals surface area contributed by atoms with Crippen LogP contribution in [-0.2, 0) is 0 Å². The van der Waals surface area contributed by atoms with Crippen LogP contribution in [0.4, 0.5) is 10.5 Å². The summed E-state index contributed by atoms with van der Waals surface area (Å²) in [5.41, 5.74) is 2.06. The van der Waals surface area contributed by atoms with Crippen LogP contribution in [0.2, 0.25) is 0 Å². The highest BCUT2D eigenvalue weighted by Gasteiger charge is 2.25. The van der Waals surface area contributed by atoms with Gasteiger partial charge in [0.15, 0.2) is 0 Å². The van der Waals surface area contributed by atoms with Crippen molar-refractivity contribution in [1.29, 1.82) is 0 Å². The molecule has 0 unspecified atom stereocenters. The van der Waals surface area contributed by atoms with Gasteiger partial charge in [0.2, 0.25) is 0 Å². The van der Waals surface area contributed by atoms with E-state index in [9.17, 15) is 4.79 Å². The fourth-order valence-corrected chi connectivity index (χ4v) is 3.85. The van der Waals surface area contributed by atoms with Crippen LogP contribution in [0, 0.1) is 18.8 Å². The summed E-state index contributed by atoms with van der Waals surface area (Å²) in [6.45, 7) is 9.91. The zero-order valence-electron chi connectivity index (χ0n) is 15.1. The molecule has 4 heteroatoms. The Morgan fingerprint density at radius 1 is 1.12 bits per heavy atom. The van der Waals surface area contributed by atoms with Crippen LogP contribution in [-0.4, -0.2) is 48.6 Å². The number of benzene rings is 1. The zero-order valence-corrected chi connectivity index (χ0v) is 15.1. The van der Waals surface area contributed by atoms with Gasteiger partial charge in [0.1, 0.15) is 0 Å². The van der Waals surface area contributed by atoms with Crippen LogP contribution in [0.3, 0.4) is 0 Å². The lowest BCUT2D eigenvalue weighted by Gasteiger charge is -2.37. The molecule has 0 aliphatic carbocycles. The molecule has 132 valence electrons. The molecule has 0 bridgehead atoms. The molecule has 1 N–H and O–H groups in total. The van der Waals surface area contributed by atoms with Crippen LogP contribution in [0.5, 0.6) is 0 Å². The Bertz CT molecular complexity index is 544. The summed E-state index contributed by atoms with van der Waals surface area (Å²) in [5.74, 6) is 1.65. The number of hydrogen-bond donors (Lipinski definition) is 1. The van der Waals surface area contributed by atoms with Crippen LogP contribution >= 0.6 is 0 Å². The molecule has 1 aromatic carbocycles. The monoisotopic (exact) mass is 329 g/mol. The third kappa shape index (κ3) is 4.73. The number of amides is 2. The maximum Gasteiger partial charge on any atom is 0.321 e. The lowest BCUT2D eigenvalue weighted by atomic mass is 9.93. The summed E-state index contributed by atoms with van der Waals surface area (Å²) in [5, 5.41) is 3.03. The van der Waals surface area contributed by atoms with E-state index in [4.69, 9.17) is 0 Å². The van der Waals surface area contributed by atoms with Gasteiger partial charge in [-0.3, -0.25) is 0 Å². The number of carbonyl (C=O) groups is 1. The molecule has 0 aromatic heterocycles. The van der Waals surface area contributed by atoms with E-state index in [0.717, 1.165) is 43.5 Å². The van der Waals surface area contributed by atoms with Crippen molar-refractivity contribution in [3.63, 3.8) is 0 Å². The molecule has 24 heavy (non-hydrogen) atoms. The third-order valence-corrected chi connectivity index (χ3v) is 5.56. The van der Waals surface area contributed by atoms with E-state index in [1.807, 2.05) is 36.1 Å². The number of rotatable bonds is 3. The van der Waals surface area contributed by atoms with Crippen LogP contribution in [0.1, 0.15) is 38.2 Å². The SMILES string of the molecule is Cc1cccc(NC(=O)N2CCC(CN3CCC(C)CC3)CC2)c1. The minimum Gasteiger partial charge on any atom is -0.325 e. The average Bonchev–Trinajstić information content (AvgIpc) is 2.57. The van der Waals surface area contributed by atoms with Crippen molar-refractivity contribution < 1.29 is 4.79 Å². The summed E-state index contributed by atoms with van der Waals surface area (Å²) in [7, 11) is 0. The zero-order chi connectivity index (χ0) is 16.9. The molecule has 0 spiro atoms. The van der Waals surface area contributed by atoms with Crippen LogP contribution in [0.15, 0.2) is 24.3 Å². The van der Waals surface area contributed by atoms with E-state index < -0.39 is 0 Å². The first kappa shape index (κ1) is 17.3. The van der Waals surface area contributed by atoms with Crippen molar-refractivity contribution in [2.75, 3.05) is 38.0 Å². The Hall–Kier alpha value is -1.55. The van der Waals surface area contributed by atoms with Gasteiger partial charge in [-0.05, 0) is 75.2 Å². The topological polar surface area (TPSA) is 35.6 Å². The average molecular weight is 329 g/mol. The lowest BCUT2D eigenvalue weighted by molar-refractivity contribution is 0.130. The molecule has 2 aliphatic rings. The van der Waals surface area contributed by atoms with E-state index in [2.05, 4.69) is 17.1 Å². The first-order valence-corrected chi connectivity index (χ1v) is 9.45. The minimum absolute atomic E-state index is 0.0471. The Kier molecular flexibility index (Phi) is 5.77. The fourth-order valence-electron chi connectivity index (χ4n) is 3.85. The predicted octanol–water partition coefficient (Wildman–Crippen LogP) is 3.97. The van der Waals surface area contributed by atoms with Crippen molar-refractivity contribution in [2.24, 2.45) is 11.8 Å². The van der Waals surface area contributed by atoms with Gasteiger partial charge in [-0.15, -0.1) is 0 Å². The maximum absolute atomic E-state index is 12.4. The summed E-state index contributed by atoms with van der Waals surface area (Å²) >= 11 is 0. The Morgan fingerprint density at radius 3 is 2.50 bits per heavy atom. The number of hydrogen-bond acceptors (Lipinski definition) is 2. The van der Waals surface area contributed by atoms with E-state index in [0.29, 0.717) is 0 Å². The van der Waals surface area contributed by atoms with E-state index in [-0.39, 0.29) is 6.03 Å². The van der Waals surface area contributed by atoms with Gasteiger partial charge in [0, 0.05) is 25.3 Å². The highest BCUT2D eigenvalue weighted by Crippen LogP contribution is 2.23. The van der Waals surface area contributed by atoms with Crippen molar-refractivity contribution in [2.45, 2.75) is 39.5 Å². The second kappa shape index (κ2) is 8.02. The van der Waals surface area contributed by atoms with E-state index >= 15 is 0 Å². The van der Waals surface area contributed by atoms with Gasteiger partial charge in [-0.1, -0.05) is 19.1 Å². The van der Waals surface area contributed by atoms with Crippen LogP contribution in [0.25, 0.3) is 0 Å². The smallest absolute Gasteiger partial charge is 0.321 e. The lowest BCUT2D eigenvalue weighted by Crippen LogP contribution is -2.44. The molecular weight excluding hydrogens is 298 g/mol. The molecule has 2 fully saturated rings. The summed E-state index contributed by atoms with van der Waals surface area (Å²) in [4.78, 5) is 17.0. The molecule has 1 aromatic rings. The van der Waals surface area contributed by atoms with E-state index in [1.165, 1.54) is 38.0 Å². The first-order chi connectivity index (χ1) is 11.6. The molecule has 2 heterocycles. The molecular formula is C20H31N3O. The number of nitrogens with zero attached hydrogens (tertiary/aromatic N) is 2. The molecule has 4 nitrogen and oxygen atoms in total. The van der Waals surface area contributed by atoms with Gasteiger partial charge in [-0.25, -0.2) is 4.79 Å². The summed E-state index contributed by atoms with van der Waals surface area (Å²) < 4.78 is 0. The molecule has 2 saturated heterocycles. The number of piperidine rings is 2. The van der Waals surface area contributed by atoms with Crippen LogP contribution < -0.4 is 5.32 Å². The third-order valence-electron chi connectivity index (χ3n) is 5.56. The highest BCUT2D eigenvalue weighted by atomic mass is 16.2.